The molecule has 1 aliphatic carbocycles. The smallest absolute Gasteiger partial charge is 0.295 e. The summed E-state index contributed by atoms with van der Waals surface area (Å²) in [5, 5.41) is 13.8. The number of halogens is 2. The van der Waals surface area contributed by atoms with Gasteiger partial charge in [-0.1, -0.05) is 26.2 Å². The Kier molecular flexibility index (Phi) is 4.52. The van der Waals surface area contributed by atoms with Crippen LogP contribution in [0.1, 0.15) is 39.0 Å². The summed E-state index contributed by atoms with van der Waals surface area (Å²) in [6.45, 7) is 2.10. The quantitative estimate of drug-likeness (QED) is 0.664. The largest absolute Gasteiger partial charge is 0.374 e. The molecule has 1 N–H and O–H groups in total. The van der Waals surface area contributed by atoms with Crippen LogP contribution in [0, 0.1) is 27.7 Å². The second kappa shape index (κ2) is 6.15. The molecule has 1 aliphatic rings. The Bertz CT molecular complexity index is 508. The number of rotatable bonds is 4. The van der Waals surface area contributed by atoms with Crippen LogP contribution in [-0.2, 0) is 0 Å². The fourth-order valence-corrected chi connectivity index (χ4v) is 2.83. The minimum atomic E-state index is -1.17. The van der Waals surface area contributed by atoms with Crippen LogP contribution in [0.5, 0.6) is 0 Å². The lowest BCUT2D eigenvalue weighted by atomic mass is 9.84. The maximum absolute atomic E-state index is 13.8. The zero-order chi connectivity index (χ0) is 14.7. The molecule has 0 bridgehead atoms. The molecule has 0 radical (unpaired) electrons. The Labute approximate surface area is 116 Å². The van der Waals surface area contributed by atoms with Crippen molar-refractivity contribution < 1.29 is 13.7 Å². The summed E-state index contributed by atoms with van der Waals surface area (Å²) in [5.41, 5.74) is -0.737. The fourth-order valence-electron chi connectivity index (χ4n) is 2.83. The van der Waals surface area contributed by atoms with Gasteiger partial charge in [-0.15, -0.1) is 0 Å². The molecule has 0 amide bonds. The minimum absolute atomic E-state index is 0.0382. The number of hydrogen-bond donors (Lipinski definition) is 1. The first-order valence-electron chi connectivity index (χ1n) is 6.91. The van der Waals surface area contributed by atoms with Crippen molar-refractivity contribution >= 4 is 11.4 Å². The van der Waals surface area contributed by atoms with Crippen LogP contribution in [0.15, 0.2) is 12.1 Å². The van der Waals surface area contributed by atoms with Crippen molar-refractivity contribution in [3.8, 4) is 0 Å². The van der Waals surface area contributed by atoms with Crippen molar-refractivity contribution in [1.82, 2.24) is 0 Å². The van der Waals surface area contributed by atoms with Crippen molar-refractivity contribution in [3.05, 3.63) is 33.9 Å². The van der Waals surface area contributed by atoms with E-state index in [2.05, 4.69) is 12.2 Å². The molecule has 2 atom stereocenters. The Morgan fingerprint density at radius 2 is 2.15 bits per heavy atom. The lowest BCUT2D eigenvalue weighted by molar-refractivity contribution is -0.384. The van der Waals surface area contributed by atoms with Gasteiger partial charge in [-0.3, -0.25) is 10.1 Å². The second-order valence-electron chi connectivity index (χ2n) is 5.29. The molecule has 2 unspecified atom stereocenters. The number of nitrogens with one attached hydrogen (secondary N) is 1. The monoisotopic (exact) mass is 284 g/mol. The van der Waals surface area contributed by atoms with Gasteiger partial charge in [0.25, 0.3) is 5.69 Å². The van der Waals surface area contributed by atoms with Gasteiger partial charge in [0.05, 0.1) is 4.92 Å². The molecule has 0 aliphatic heterocycles. The van der Waals surface area contributed by atoms with Crippen LogP contribution in [-0.4, -0.2) is 11.0 Å². The molecule has 110 valence electrons. The maximum atomic E-state index is 13.8. The summed E-state index contributed by atoms with van der Waals surface area (Å²) in [7, 11) is 0. The molecule has 0 heterocycles. The zero-order valence-electron chi connectivity index (χ0n) is 11.4. The Balaban J connectivity index is 2.23. The van der Waals surface area contributed by atoms with Gasteiger partial charge in [0.15, 0.2) is 17.3 Å². The van der Waals surface area contributed by atoms with E-state index in [1.165, 1.54) is 0 Å². The Morgan fingerprint density at radius 1 is 1.40 bits per heavy atom. The lowest BCUT2D eigenvalue weighted by Gasteiger charge is -2.29. The van der Waals surface area contributed by atoms with Crippen LogP contribution in [0.2, 0.25) is 0 Å². The Hall–Kier alpha value is -1.72. The standard InChI is InChI=1S/C14H18F2N2O2/c1-2-9-4-3-5-10(8-9)17-14-12(18(19)20)7-6-11(15)13(14)16/h6-7,9-10,17H,2-5,8H2,1H3. The summed E-state index contributed by atoms with van der Waals surface area (Å²) in [6.07, 6.45) is 4.82. The third-order valence-corrected chi connectivity index (χ3v) is 3.98. The highest BCUT2D eigenvalue weighted by molar-refractivity contribution is 5.63. The molecule has 1 fully saturated rings. The highest BCUT2D eigenvalue weighted by Crippen LogP contribution is 2.34. The zero-order valence-corrected chi connectivity index (χ0v) is 11.4. The lowest BCUT2D eigenvalue weighted by Crippen LogP contribution is -2.28. The van der Waals surface area contributed by atoms with E-state index in [-0.39, 0.29) is 11.7 Å². The highest BCUT2D eigenvalue weighted by Gasteiger charge is 2.26. The summed E-state index contributed by atoms with van der Waals surface area (Å²) >= 11 is 0. The molecule has 4 nitrogen and oxygen atoms in total. The van der Waals surface area contributed by atoms with Crippen molar-refractivity contribution in [2.75, 3.05) is 5.32 Å². The van der Waals surface area contributed by atoms with Crippen LogP contribution in [0.4, 0.5) is 20.2 Å². The van der Waals surface area contributed by atoms with E-state index in [0.717, 1.165) is 44.2 Å². The van der Waals surface area contributed by atoms with Crippen molar-refractivity contribution in [1.29, 1.82) is 0 Å². The molecule has 2 rings (SSSR count). The predicted molar refractivity (Wildman–Crippen MR) is 72.7 cm³/mol. The molecule has 1 saturated carbocycles. The van der Waals surface area contributed by atoms with Crippen molar-refractivity contribution in [2.45, 2.75) is 45.1 Å². The number of anilines is 1. The first-order chi connectivity index (χ1) is 9.52. The number of hydrogen-bond acceptors (Lipinski definition) is 3. The first kappa shape index (κ1) is 14.7. The molecule has 0 spiro atoms. The van der Waals surface area contributed by atoms with E-state index in [1.54, 1.807) is 0 Å². The van der Waals surface area contributed by atoms with Gasteiger partial charge < -0.3 is 5.32 Å². The molecular weight excluding hydrogens is 266 g/mol. The van der Waals surface area contributed by atoms with E-state index < -0.39 is 22.2 Å². The summed E-state index contributed by atoms with van der Waals surface area (Å²) in [6, 6.07) is 1.75. The number of benzene rings is 1. The summed E-state index contributed by atoms with van der Waals surface area (Å²) in [4.78, 5) is 10.2. The van der Waals surface area contributed by atoms with Crippen LogP contribution in [0.3, 0.4) is 0 Å². The second-order valence-corrected chi connectivity index (χ2v) is 5.29. The molecule has 6 heteroatoms. The maximum Gasteiger partial charge on any atom is 0.295 e. The average molecular weight is 284 g/mol. The molecule has 1 aromatic carbocycles. The van der Waals surface area contributed by atoms with Gasteiger partial charge in [-0.05, 0) is 24.8 Å². The van der Waals surface area contributed by atoms with E-state index >= 15 is 0 Å². The minimum Gasteiger partial charge on any atom is -0.374 e. The van der Waals surface area contributed by atoms with Gasteiger partial charge in [-0.25, -0.2) is 8.78 Å². The summed E-state index contributed by atoms with van der Waals surface area (Å²) in [5.74, 6) is -1.70. The van der Waals surface area contributed by atoms with Gasteiger partial charge in [-0.2, -0.15) is 0 Å². The van der Waals surface area contributed by atoms with E-state index in [1.807, 2.05) is 0 Å². The molecule has 0 aromatic heterocycles. The fraction of sp³-hybridized carbons (Fsp3) is 0.571. The predicted octanol–water partition coefficient (Wildman–Crippen LogP) is 4.25. The van der Waals surface area contributed by atoms with Gasteiger partial charge in [0.1, 0.15) is 0 Å². The third-order valence-electron chi connectivity index (χ3n) is 3.98. The number of nitrogens with zero attached hydrogens (tertiary/aromatic N) is 1. The van der Waals surface area contributed by atoms with Crippen molar-refractivity contribution in [3.63, 3.8) is 0 Å². The molecule has 20 heavy (non-hydrogen) atoms. The first-order valence-corrected chi connectivity index (χ1v) is 6.91. The van der Waals surface area contributed by atoms with Crippen LogP contribution >= 0.6 is 0 Å². The highest BCUT2D eigenvalue weighted by atomic mass is 19.2. The van der Waals surface area contributed by atoms with Crippen LogP contribution in [0.25, 0.3) is 0 Å². The summed E-state index contributed by atoms with van der Waals surface area (Å²) < 4.78 is 27.1. The number of nitro benzene ring substituents is 1. The molecule has 0 saturated heterocycles. The third kappa shape index (κ3) is 3.05. The molecule has 1 aromatic rings. The SMILES string of the molecule is CCC1CCCC(Nc2c([N+](=O)[O-])ccc(F)c2F)C1. The van der Waals surface area contributed by atoms with E-state index in [0.29, 0.717) is 5.92 Å². The normalized spacial score (nSPS) is 22.6. The van der Waals surface area contributed by atoms with Gasteiger partial charge >= 0.3 is 0 Å². The van der Waals surface area contributed by atoms with Gasteiger partial charge in [0, 0.05) is 12.1 Å². The van der Waals surface area contributed by atoms with Crippen molar-refractivity contribution in [2.24, 2.45) is 5.92 Å². The number of nitro groups is 1. The van der Waals surface area contributed by atoms with E-state index in [9.17, 15) is 18.9 Å². The Morgan fingerprint density at radius 3 is 2.80 bits per heavy atom. The average Bonchev–Trinajstić information content (AvgIpc) is 2.44. The van der Waals surface area contributed by atoms with E-state index in [4.69, 9.17) is 0 Å². The molecular formula is C14H18F2N2O2. The topological polar surface area (TPSA) is 55.2 Å². The van der Waals surface area contributed by atoms with Crippen LogP contribution < -0.4 is 5.32 Å². The van der Waals surface area contributed by atoms with Gasteiger partial charge in [0.2, 0.25) is 0 Å².